The van der Waals surface area contributed by atoms with E-state index in [2.05, 4.69) is 25.7 Å². The van der Waals surface area contributed by atoms with Gasteiger partial charge in [-0.15, -0.1) is 5.10 Å². The molecule has 1 amide bonds. The highest BCUT2D eigenvalue weighted by Crippen LogP contribution is 2.21. The van der Waals surface area contributed by atoms with Crippen LogP contribution < -0.4 is 15.5 Å². The number of piperidine rings is 1. The number of rotatable bonds is 7. The molecular weight excluding hydrogens is 368 g/mol. The van der Waals surface area contributed by atoms with Crippen LogP contribution in [0.15, 0.2) is 12.3 Å². The molecule has 27 heavy (non-hydrogen) atoms. The highest BCUT2D eigenvalue weighted by Gasteiger charge is 2.28. The van der Waals surface area contributed by atoms with Crippen LogP contribution in [0.1, 0.15) is 25.7 Å². The molecule has 0 aliphatic carbocycles. The largest absolute Gasteiger partial charge is 0.370 e. The summed E-state index contributed by atoms with van der Waals surface area (Å²) >= 11 is 0. The van der Waals surface area contributed by atoms with Crippen LogP contribution in [0.25, 0.3) is 0 Å². The molecule has 0 saturated carbocycles. The predicted octanol–water partition coefficient (Wildman–Crippen LogP) is 0.277. The number of hydrogen-bond acceptors (Lipinski definition) is 7. The van der Waals surface area contributed by atoms with Crippen molar-refractivity contribution >= 4 is 27.4 Å². The monoisotopic (exact) mass is 396 g/mol. The number of nitrogens with one attached hydrogen (secondary N) is 2. The number of anilines is 2. The Bertz CT molecular complexity index is 743. The van der Waals surface area contributed by atoms with Crippen LogP contribution in [0.2, 0.25) is 0 Å². The zero-order valence-corrected chi connectivity index (χ0v) is 16.5. The Balaban J connectivity index is 1.38. The fraction of sp³-hybridized carbons (Fsp3) is 0.706. The summed E-state index contributed by atoms with van der Waals surface area (Å²) in [6.07, 6.45) is 6.54. The second-order valence-corrected chi connectivity index (χ2v) is 9.13. The van der Waals surface area contributed by atoms with Crippen LogP contribution in [-0.2, 0) is 14.8 Å². The van der Waals surface area contributed by atoms with E-state index < -0.39 is 10.0 Å². The van der Waals surface area contributed by atoms with E-state index >= 15 is 0 Å². The Labute approximate surface area is 160 Å². The number of aromatic nitrogens is 2. The zero-order chi connectivity index (χ0) is 19.3. The fourth-order valence-electron chi connectivity index (χ4n) is 3.56. The van der Waals surface area contributed by atoms with Gasteiger partial charge >= 0.3 is 0 Å². The molecule has 3 heterocycles. The van der Waals surface area contributed by atoms with Crippen LogP contribution in [0.5, 0.6) is 0 Å². The molecule has 0 atom stereocenters. The smallest absolute Gasteiger partial charge is 0.223 e. The van der Waals surface area contributed by atoms with Crippen molar-refractivity contribution in [3.63, 3.8) is 0 Å². The topological polar surface area (TPSA) is 108 Å². The molecule has 1 aromatic heterocycles. The van der Waals surface area contributed by atoms with Crippen molar-refractivity contribution in [1.82, 2.24) is 19.8 Å². The van der Waals surface area contributed by atoms with E-state index in [1.54, 1.807) is 6.20 Å². The van der Waals surface area contributed by atoms with Crippen LogP contribution >= 0.6 is 0 Å². The molecule has 2 saturated heterocycles. The van der Waals surface area contributed by atoms with Gasteiger partial charge in [0.1, 0.15) is 0 Å². The summed E-state index contributed by atoms with van der Waals surface area (Å²) < 4.78 is 24.5. The number of nitrogens with zero attached hydrogens (tertiary/aromatic N) is 4. The van der Waals surface area contributed by atoms with Gasteiger partial charge in [-0.05, 0) is 25.7 Å². The Morgan fingerprint density at radius 1 is 1.19 bits per heavy atom. The molecule has 2 fully saturated rings. The molecule has 0 radical (unpaired) electrons. The standard InChI is InChI=1S/C17H28N6O3S/c1-27(25,26)23-10-4-14(5-11-23)17(24)19-7-6-18-16-12-15(13-20-21-16)22-8-2-3-9-22/h12-14H,2-11H2,1H3,(H,18,21)(H,19,24). The molecule has 2 aliphatic heterocycles. The number of sulfonamides is 1. The quantitative estimate of drug-likeness (QED) is 0.637. The Hall–Kier alpha value is -1.94. The zero-order valence-electron chi connectivity index (χ0n) is 15.7. The predicted molar refractivity (Wildman–Crippen MR) is 104 cm³/mol. The van der Waals surface area contributed by atoms with Crippen LogP contribution in [0.3, 0.4) is 0 Å². The molecule has 0 aromatic carbocycles. The normalized spacial score (nSPS) is 19.2. The molecule has 150 valence electrons. The van der Waals surface area contributed by atoms with Crippen molar-refractivity contribution in [3.05, 3.63) is 12.3 Å². The average Bonchev–Trinajstić information content (AvgIpc) is 3.19. The summed E-state index contributed by atoms with van der Waals surface area (Å²) in [6.45, 7) is 3.98. The fourth-order valence-corrected chi connectivity index (χ4v) is 4.44. The third kappa shape index (κ3) is 5.52. The average molecular weight is 397 g/mol. The van der Waals surface area contributed by atoms with E-state index in [4.69, 9.17) is 0 Å². The maximum absolute atomic E-state index is 12.3. The molecule has 9 nitrogen and oxygen atoms in total. The van der Waals surface area contributed by atoms with Gasteiger partial charge in [-0.2, -0.15) is 5.10 Å². The lowest BCUT2D eigenvalue weighted by Crippen LogP contribution is -2.43. The van der Waals surface area contributed by atoms with Gasteiger partial charge in [-0.1, -0.05) is 0 Å². The second kappa shape index (κ2) is 8.83. The molecule has 1 aromatic rings. The highest BCUT2D eigenvalue weighted by molar-refractivity contribution is 7.88. The van der Waals surface area contributed by atoms with Crippen LogP contribution in [0.4, 0.5) is 11.5 Å². The Morgan fingerprint density at radius 3 is 2.56 bits per heavy atom. The van der Waals surface area contributed by atoms with Crippen molar-refractivity contribution in [1.29, 1.82) is 0 Å². The molecule has 2 aliphatic rings. The molecule has 0 bridgehead atoms. The van der Waals surface area contributed by atoms with Crippen molar-refractivity contribution in [2.24, 2.45) is 5.92 Å². The molecule has 3 rings (SSSR count). The lowest BCUT2D eigenvalue weighted by molar-refractivity contribution is -0.126. The van der Waals surface area contributed by atoms with Crippen molar-refractivity contribution in [2.75, 3.05) is 55.7 Å². The van der Waals surface area contributed by atoms with E-state index in [0.717, 1.165) is 18.8 Å². The second-order valence-electron chi connectivity index (χ2n) is 7.15. The minimum Gasteiger partial charge on any atom is -0.370 e. The summed E-state index contributed by atoms with van der Waals surface area (Å²) in [5.41, 5.74) is 1.08. The third-order valence-electron chi connectivity index (χ3n) is 5.14. The Morgan fingerprint density at radius 2 is 1.89 bits per heavy atom. The molecule has 0 unspecified atom stereocenters. The summed E-state index contributed by atoms with van der Waals surface area (Å²) in [7, 11) is -3.16. The molecule has 10 heteroatoms. The number of carbonyl (C=O) groups is 1. The van der Waals surface area contributed by atoms with Crippen molar-refractivity contribution in [2.45, 2.75) is 25.7 Å². The number of hydrogen-bond donors (Lipinski definition) is 2. The van der Waals surface area contributed by atoms with Gasteiger partial charge in [0.2, 0.25) is 15.9 Å². The minimum absolute atomic E-state index is 0.0122. The molecule has 0 spiro atoms. The lowest BCUT2D eigenvalue weighted by atomic mass is 9.97. The number of carbonyl (C=O) groups excluding carboxylic acids is 1. The van der Waals surface area contributed by atoms with Gasteiger partial charge in [0.15, 0.2) is 5.82 Å². The summed E-state index contributed by atoms with van der Waals surface area (Å²) in [4.78, 5) is 14.5. The van der Waals surface area contributed by atoms with E-state index in [1.807, 2.05) is 6.07 Å². The summed E-state index contributed by atoms with van der Waals surface area (Å²) in [5, 5.41) is 14.2. The summed E-state index contributed by atoms with van der Waals surface area (Å²) in [6, 6.07) is 1.99. The molecule has 2 N–H and O–H groups in total. The minimum atomic E-state index is -3.16. The SMILES string of the molecule is CS(=O)(=O)N1CCC(C(=O)NCCNc2cc(N3CCCC3)cnn2)CC1. The van der Waals surface area contributed by atoms with Crippen molar-refractivity contribution in [3.8, 4) is 0 Å². The summed E-state index contributed by atoms with van der Waals surface area (Å²) in [5.74, 6) is 0.568. The lowest BCUT2D eigenvalue weighted by Gasteiger charge is -2.29. The first-order valence-corrected chi connectivity index (χ1v) is 11.3. The first kappa shape index (κ1) is 19.8. The maximum Gasteiger partial charge on any atom is 0.223 e. The van der Waals surface area contributed by atoms with Gasteiger partial charge in [-0.25, -0.2) is 12.7 Å². The van der Waals surface area contributed by atoms with Gasteiger partial charge in [0, 0.05) is 51.3 Å². The van der Waals surface area contributed by atoms with Gasteiger partial charge in [-0.3, -0.25) is 4.79 Å². The first-order chi connectivity index (χ1) is 12.9. The van der Waals surface area contributed by atoms with Gasteiger partial charge in [0.05, 0.1) is 18.1 Å². The van der Waals surface area contributed by atoms with E-state index in [0.29, 0.717) is 44.8 Å². The van der Waals surface area contributed by atoms with E-state index in [9.17, 15) is 13.2 Å². The van der Waals surface area contributed by atoms with E-state index in [-0.39, 0.29) is 11.8 Å². The first-order valence-electron chi connectivity index (χ1n) is 9.48. The van der Waals surface area contributed by atoms with Crippen LogP contribution in [-0.4, -0.2) is 74.4 Å². The van der Waals surface area contributed by atoms with E-state index in [1.165, 1.54) is 23.4 Å². The van der Waals surface area contributed by atoms with Gasteiger partial charge < -0.3 is 15.5 Å². The molecular formula is C17H28N6O3S. The number of amides is 1. The third-order valence-corrected chi connectivity index (χ3v) is 6.44. The van der Waals surface area contributed by atoms with Gasteiger partial charge in [0.25, 0.3) is 0 Å². The Kier molecular flexibility index (Phi) is 6.48. The maximum atomic E-state index is 12.3. The van der Waals surface area contributed by atoms with Crippen molar-refractivity contribution < 1.29 is 13.2 Å². The highest BCUT2D eigenvalue weighted by atomic mass is 32.2. The van der Waals surface area contributed by atoms with Crippen LogP contribution in [0, 0.1) is 5.92 Å².